The minimum atomic E-state index is -0.0523. The van der Waals surface area contributed by atoms with Gasteiger partial charge >= 0.3 is 0 Å². The second kappa shape index (κ2) is 8.80. The Hall–Kier alpha value is -1.39. The van der Waals surface area contributed by atoms with Crippen molar-refractivity contribution >= 4 is 17.2 Å². The van der Waals surface area contributed by atoms with Gasteiger partial charge in [-0.05, 0) is 12.1 Å². The van der Waals surface area contributed by atoms with Gasteiger partial charge in [-0.2, -0.15) is 0 Å². The number of carbonyl (C=O) groups excluding carboxylic acids is 1. The molecule has 0 aromatic carbocycles. The number of ether oxygens (including phenoxy) is 1. The molecular formula is C15H20N2O3S. The summed E-state index contributed by atoms with van der Waals surface area (Å²) in [6, 6.07) is 3.63. The van der Waals surface area contributed by atoms with Gasteiger partial charge in [-0.1, -0.05) is 11.8 Å². The third-order valence-electron chi connectivity index (χ3n) is 3.10. The van der Waals surface area contributed by atoms with Crippen molar-refractivity contribution in [3.8, 4) is 11.8 Å². The Balaban J connectivity index is 1.74. The number of hydrogen-bond acceptors (Lipinski definition) is 5. The van der Waals surface area contributed by atoms with Crippen LogP contribution in [-0.2, 0) is 4.74 Å². The first-order valence-electron chi connectivity index (χ1n) is 7.07. The van der Waals surface area contributed by atoms with Crippen LogP contribution < -0.4 is 5.32 Å². The predicted molar refractivity (Wildman–Crippen MR) is 82.5 cm³/mol. The van der Waals surface area contributed by atoms with Gasteiger partial charge in [0.25, 0.3) is 5.91 Å². The number of thiophene rings is 1. The molecule has 1 aliphatic heterocycles. The van der Waals surface area contributed by atoms with Crippen LogP contribution in [0.3, 0.4) is 0 Å². The van der Waals surface area contributed by atoms with Gasteiger partial charge in [0.1, 0.15) is 0 Å². The molecule has 1 aromatic heterocycles. The highest BCUT2D eigenvalue weighted by Crippen LogP contribution is 2.15. The fraction of sp³-hybridized carbons (Fsp3) is 0.533. The number of aliphatic hydroxyl groups is 1. The molecule has 0 radical (unpaired) electrons. The molecule has 0 spiro atoms. The van der Waals surface area contributed by atoms with Gasteiger partial charge in [-0.15, -0.1) is 11.3 Å². The molecule has 0 unspecified atom stereocenters. The van der Waals surface area contributed by atoms with Crippen molar-refractivity contribution in [3.05, 3.63) is 21.9 Å². The molecule has 6 heteroatoms. The fourth-order valence-corrected chi connectivity index (χ4v) is 2.77. The molecule has 2 rings (SSSR count). The summed E-state index contributed by atoms with van der Waals surface area (Å²) in [5.41, 5.74) is 0. The molecule has 5 nitrogen and oxygen atoms in total. The quantitative estimate of drug-likeness (QED) is 0.780. The number of carbonyl (C=O) groups is 1. The molecule has 114 valence electrons. The van der Waals surface area contributed by atoms with E-state index in [1.165, 1.54) is 11.3 Å². The van der Waals surface area contributed by atoms with E-state index in [0.717, 1.165) is 37.7 Å². The summed E-state index contributed by atoms with van der Waals surface area (Å²) in [7, 11) is 0. The van der Waals surface area contributed by atoms with E-state index in [2.05, 4.69) is 22.1 Å². The largest absolute Gasteiger partial charge is 0.395 e. The Kier molecular flexibility index (Phi) is 6.70. The average molecular weight is 308 g/mol. The minimum absolute atomic E-state index is 0.0523. The average Bonchev–Trinajstić information content (AvgIpc) is 2.97. The van der Waals surface area contributed by atoms with Crippen LogP contribution in [0.25, 0.3) is 0 Å². The lowest BCUT2D eigenvalue weighted by atomic mass is 10.3. The van der Waals surface area contributed by atoms with E-state index < -0.39 is 0 Å². The molecule has 1 aliphatic rings. The van der Waals surface area contributed by atoms with E-state index in [1.807, 2.05) is 6.07 Å². The van der Waals surface area contributed by atoms with Crippen LogP contribution in [0.1, 0.15) is 21.0 Å². The van der Waals surface area contributed by atoms with Crippen molar-refractivity contribution in [2.24, 2.45) is 0 Å². The van der Waals surface area contributed by atoms with Gasteiger partial charge in [0.2, 0.25) is 0 Å². The minimum Gasteiger partial charge on any atom is -0.395 e. The topological polar surface area (TPSA) is 61.8 Å². The van der Waals surface area contributed by atoms with E-state index in [4.69, 9.17) is 9.84 Å². The van der Waals surface area contributed by atoms with E-state index in [0.29, 0.717) is 17.8 Å². The smallest absolute Gasteiger partial charge is 0.261 e. The molecule has 0 saturated carbocycles. The first-order chi connectivity index (χ1) is 10.3. The summed E-state index contributed by atoms with van der Waals surface area (Å²) in [6.45, 7) is 4.96. The van der Waals surface area contributed by atoms with Crippen molar-refractivity contribution < 1.29 is 14.6 Å². The van der Waals surface area contributed by atoms with E-state index in [9.17, 15) is 4.79 Å². The van der Waals surface area contributed by atoms with Crippen LogP contribution >= 0.6 is 11.3 Å². The molecule has 2 N–H and O–H groups in total. The highest BCUT2D eigenvalue weighted by Gasteiger charge is 2.11. The number of aliphatic hydroxyl groups excluding tert-OH is 1. The lowest BCUT2D eigenvalue weighted by Crippen LogP contribution is -2.41. The van der Waals surface area contributed by atoms with Crippen molar-refractivity contribution in [1.82, 2.24) is 10.2 Å². The SMILES string of the molecule is O=C(NCCN1CCOCC1)c1ccc(C#CCCO)s1. The van der Waals surface area contributed by atoms with E-state index >= 15 is 0 Å². The van der Waals surface area contributed by atoms with E-state index in [1.54, 1.807) is 6.07 Å². The van der Waals surface area contributed by atoms with Gasteiger partial charge in [0.05, 0.1) is 29.6 Å². The number of hydrogen-bond donors (Lipinski definition) is 2. The van der Waals surface area contributed by atoms with E-state index in [-0.39, 0.29) is 12.5 Å². The number of amides is 1. The molecule has 1 amide bonds. The van der Waals surface area contributed by atoms with Crippen LogP contribution in [0.5, 0.6) is 0 Å². The molecule has 2 heterocycles. The normalized spacial score (nSPS) is 15.3. The van der Waals surface area contributed by atoms with Crippen LogP contribution in [0.4, 0.5) is 0 Å². The summed E-state index contributed by atoms with van der Waals surface area (Å²) >= 11 is 1.38. The highest BCUT2D eigenvalue weighted by molar-refractivity contribution is 7.14. The van der Waals surface area contributed by atoms with Crippen LogP contribution in [0.15, 0.2) is 12.1 Å². The summed E-state index contributed by atoms with van der Waals surface area (Å²) in [4.78, 5) is 15.8. The Labute approximate surface area is 128 Å². The van der Waals surface area contributed by atoms with Crippen molar-refractivity contribution in [2.45, 2.75) is 6.42 Å². The maximum atomic E-state index is 12.0. The Bertz CT molecular complexity index is 512. The summed E-state index contributed by atoms with van der Waals surface area (Å²) in [5.74, 6) is 5.73. The number of nitrogens with one attached hydrogen (secondary N) is 1. The summed E-state index contributed by atoms with van der Waals surface area (Å²) in [6.07, 6.45) is 0.457. The fourth-order valence-electron chi connectivity index (χ4n) is 1.97. The van der Waals surface area contributed by atoms with Crippen LogP contribution in [-0.4, -0.2) is 61.9 Å². The second-order valence-electron chi connectivity index (χ2n) is 4.65. The monoisotopic (exact) mass is 308 g/mol. The molecular weight excluding hydrogens is 288 g/mol. The van der Waals surface area contributed by atoms with Gasteiger partial charge in [0.15, 0.2) is 0 Å². The number of rotatable bonds is 5. The standard InChI is InChI=1S/C15H20N2O3S/c18-10-2-1-3-13-4-5-14(21-13)15(19)16-6-7-17-8-11-20-12-9-17/h4-5,18H,2,6-12H2,(H,16,19). The van der Waals surface area contributed by atoms with Gasteiger partial charge in [-0.25, -0.2) is 0 Å². The third-order valence-corrected chi connectivity index (χ3v) is 4.09. The molecule has 1 aromatic rings. The Morgan fingerprint density at radius 1 is 1.43 bits per heavy atom. The predicted octanol–water partition coefficient (Wildman–Crippen LogP) is 0.544. The van der Waals surface area contributed by atoms with Gasteiger partial charge in [-0.3, -0.25) is 9.69 Å². The molecule has 0 aliphatic carbocycles. The summed E-state index contributed by atoms with van der Waals surface area (Å²) < 4.78 is 5.28. The maximum Gasteiger partial charge on any atom is 0.261 e. The summed E-state index contributed by atoms with van der Waals surface area (Å²) in [5, 5.41) is 11.6. The van der Waals surface area contributed by atoms with Crippen LogP contribution in [0, 0.1) is 11.8 Å². The first kappa shape index (κ1) is 16.0. The second-order valence-corrected chi connectivity index (χ2v) is 5.73. The number of nitrogens with zero attached hydrogens (tertiary/aromatic N) is 1. The zero-order valence-corrected chi connectivity index (χ0v) is 12.7. The lowest BCUT2D eigenvalue weighted by molar-refractivity contribution is 0.0383. The van der Waals surface area contributed by atoms with Crippen molar-refractivity contribution in [1.29, 1.82) is 0 Å². The zero-order chi connectivity index (χ0) is 14.9. The maximum absolute atomic E-state index is 12.0. The Morgan fingerprint density at radius 3 is 3.00 bits per heavy atom. The van der Waals surface area contributed by atoms with Gasteiger partial charge < -0.3 is 15.2 Å². The Morgan fingerprint density at radius 2 is 2.24 bits per heavy atom. The van der Waals surface area contributed by atoms with Gasteiger partial charge in [0, 0.05) is 32.6 Å². The van der Waals surface area contributed by atoms with Crippen molar-refractivity contribution in [3.63, 3.8) is 0 Å². The molecule has 0 bridgehead atoms. The lowest BCUT2D eigenvalue weighted by Gasteiger charge is -2.26. The molecule has 1 fully saturated rings. The van der Waals surface area contributed by atoms with Crippen molar-refractivity contribution in [2.75, 3.05) is 46.0 Å². The number of morpholine rings is 1. The molecule has 21 heavy (non-hydrogen) atoms. The third kappa shape index (κ3) is 5.48. The highest BCUT2D eigenvalue weighted by atomic mass is 32.1. The molecule has 0 atom stereocenters. The molecule has 1 saturated heterocycles. The zero-order valence-electron chi connectivity index (χ0n) is 11.9. The van der Waals surface area contributed by atoms with Crippen LogP contribution in [0.2, 0.25) is 0 Å². The first-order valence-corrected chi connectivity index (χ1v) is 7.89.